The van der Waals surface area contributed by atoms with Crippen LogP contribution in [0, 0.1) is 5.41 Å². The van der Waals surface area contributed by atoms with Crippen molar-refractivity contribution in [3.8, 4) is 0 Å². The fraction of sp³-hybridized carbons (Fsp3) is 0.800. The summed E-state index contributed by atoms with van der Waals surface area (Å²) in [5.41, 5.74) is -4.59. The van der Waals surface area contributed by atoms with E-state index in [-0.39, 0.29) is 12.8 Å². The molecule has 1 spiro atoms. The molecule has 0 aromatic rings. The molecule has 1 saturated heterocycles. The summed E-state index contributed by atoms with van der Waals surface area (Å²) in [6.45, 7) is 0. The van der Waals surface area contributed by atoms with Crippen molar-refractivity contribution < 1.29 is 32.6 Å². The van der Waals surface area contributed by atoms with Crippen molar-refractivity contribution in [1.29, 1.82) is 0 Å². The molecular weight excluding hydrogens is 241 g/mol. The number of carboxylic acid groups (broad SMARTS) is 1. The number of hydrogen-bond donors (Lipinski definition) is 1. The summed E-state index contributed by atoms with van der Waals surface area (Å²) in [5, 5.41) is 8.76. The Bertz CT molecular complexity index is 370. The highest BCUT2D eigenvalue weighted by Gasteiger charge is 2.73. The standard InChI is InChI=1S/C10H11F3O4/c11-10(12,13)9(6(14)15)5-8(7(16)17-9)3-1-2-4-8/h1-5H2,(H,14,15). The topological polar surface area (TPSA) is 63.6 Å². The smallest absolute Gasteiger partial charge is 0.439 e. The molecular formula is C10H11F3O4. The molecule has 4 nitrogen and oxygen atoms in total. The third-order valence-corrected chi connectivity index (χ3v) is 3.65. The second kappa shape index (κ2) is 3.36. The molecule has 1 atom stereocenters. The Balaban J connectivity index is 2.40. The van der Waals surface area contributed by atoms with Gasteiger partial charge in [0.05, 0.1) is 5.41 Å². The number of rotatable bonds is 1. The fourth-order valence-electron chi connectivity index (χ4n) is 2.68. The molecule has 1 heterocycles. The molecule has 0 aromatic carbocycles. The maximum absolute atomic E-state index is 12.8. The Morgan fingerprint density at radius 2 is 1.82 bits per heavy atom. The number of cyclic esters (lactones) is 1. The van der Waals surface area contributed by atoms with Crippen LogP contribution in [0.5, 0.6) is 0 Å². The minimum atomic E-state index is -5.08. The normalized spacial score (nSPS) is 31.8. The molecule has 2 aliphatic rings. The number of aliphatic carboxylic acids is 1. The van der Waals surface area contributed by atoms with Gasteiger partial charge < -0.3 is 9.84 Å². The molecule has 2 rings (SSSR count). The SMILES string of the molecule is O=C1OC(C(=O)O)(C(F)(F)F)CC12CCCC2. The summed E-state index contributed by atoms with van der Waals surface area (Å²) in [7, 11) is 0. The summed E-state index contributed by atoms with van der Waals surface area (Å²) >= 11 is 0. The van der Waals surface area contributed by atoms with Crippen LogP contribution in [0.25, 0.3) is 0 Å². The molecule has 0 aromatic heterocycles. The lowest BCUT2D eigenvalue weighted by atomic mass is 9.78. The molecule has 1 saturated carbocycles. The van der Waals surface area contributed by atoms with Crippen molar-refractivity contribution in [2.75, 3.05) is 0 Å². The Hall–Kier alpha value is -1.27. The summed E-state index contributed by atoms with van der Waals surface area (Å²) in [6, 6.07) is 0. The van der Waals surface area contributed by atoms with E-state index in [9.17, 15) is 22.8 Å². The van der Waals surface area contributed by atoms with Crippen LogP contribution in [0.15, 0.2) is 0 Å². The van der Waals surface area contributed by atoms with Crippen molar-refractivity contribution in [2.24, 2.45) is 5.41 Å². The summed E-state index contributed by atoms with van der Waals surface area (Å²) in [5.74, 6) is -3.16. The molecule has 0 bridgehead atoms. The van der Waals surface area contributed by atoms with Gasteiger partial charge in [-0.05, 0) is 12.8 Å². The monoisotopic (exact) mass is 252 g/mol. The first-order valence-electron chi connectivity index (χ1n) is 5.27. The van der Waals surface area contributed by atoms with Crippen molar-refractivity contribution in [2.45, 2.75) is 43.9 Å². The number of carboxylic acids is 1. The highest BCUT2D eigenvalue weighted by Crippen LogP contribution is 2.55. The van der Waals surface area contributed by atoms with Crippen LogP contribution in [-0.2, 0) is 14.3 Å². The van der Waals surface area contributed by atoms with Gasteiger partial charge in [0, 0.05) is 6.42 Å². The minimum absolute atomic E-state index is 0.275. The quantitative estimate of drug-likeness (QED) is 0.724. The Kier molecular flexibility index (Phi) is 2.41. The maximum atomic E-state index is 12.8. The Labute approximate surface area is 94.7 Å². The number of carbonyl (C=O) groups is 2. The molecule has 1 N–H and O–H groups in total. The Morgan fingerprint density at radius 3 is 2.18 bits per heavy atom. The highest BCUT2D eigenvalue weighted by molar-refractivity contribution is 5.90. The molecule has 17 heavy (non-hydrogen) atoms. The highest BCUT2D eigenvalue weighted by atomic mass is 19.4. The van der Waals surface area contributed by atoms with Gasteiger partial charge in [0.2, 0.25) is 0 Å². The van der Waals surface area contributed by atoms with E-state index in [1.807, 2.05) is 0 Å². The van der Waals surface area contributed by atoms with Crippen LogP contribution in [0.1, 0.15) is 32.1 Å². The van der Waals surface area contributed by atoms with Crippen LogP contribution in [-0.4, -0.2) is 28.8 Å². The number of esters is 1. The molecule has 0 radical (unpaired) electrons. The summed E-state index contributed by atoms with van der Waals surface area (Å²) < 4.78 is 42.7. The first-order chi connectivity index (χ1) is 7.74. The van der Waals surface area contributed by atoms with Crippen molar-refractivity contribution >= 4 is 11.9 Å². The lowest BCUT2D eigenvalue weighted by Gasteiger charge is -2.26. The second-order valence-electron chi connectivity index (χ2n) is 4.68. The van der Waals surface area contributed by atoms with Gasteiger partial charge in [-0.1, -0.05) is 12.8 Å². The van der Waals surface area contributed by atoms with Crippen LogP contribution in [0.4, 0.5) is 13.2 Å². The first kappa shape index (κ1) is 12.2. The molecule has 0 amide bonds. The van der Waals surface area contributed by atoms with Gasteiger partial charge in [0.15, 0.2) is 0 Å². The Morgan fingerprint density at radius 1 is 1.29 bits per heavy atom. The summed E-state index contributed by atoms with van der Waals surface area (Å²) in [6.07, 6.45) is -4.07. The molecule has 1 aliphatic heterocycles. The average molecular weight is 252 g/mol. The van der Waals surface area contributed by atoms with Gasteiger partial charge in [0.1, 0.15) is 0 Å². The van der Waals surface area contributed by atoms with Crippen LogP contribution < -0.4 is 0 Å². The fourth-order valence-corrected chi connectivity index (χ4v) is 2.68. The van der Waals surface area contributed by atoms with E-state index in [4.69, 9.17) is 5.11 Å². The third kappa shape index (κ3) is 1.51. The van der Waals surface area contributed by atoms with Gasteiger partial charge in [-0.3, -0.25) is 4.79 Å². The van der Waals surface area contributed by atoms with Crippen molar-refractivity contribution in [3.05, 3.63) is 0 Å². The molecule has 96 valence electrons. The molecule has 1 aliphatic carbocycles. The van der Waals surface area contributed by atoms with Gasteiger partial charge in [0.25, 0.3) is 0 Å². The zero-order valence-corrected chi connectivity index (χ0v) is 8.84. The summed E-state index contributed by atoms with van der Waals surface area (Å²) in [4.78, 5) is 22.4. The molecule has 7 heteroatoms. The van der Waals surface area contributed by atoms with Gasteiger partial charge in [-0.25, -0.2) is 4.79 Å². The van der Waals surface area contributed by atoms with E-state index in [0.29, 0.717) is 12.8 Å². The predicted octanol–water partition coefficient (Wildman–Crippen LogP) is 1.88. The van der Waals surface area contributed by atoms with Gasteiger partial charge in [-0.2, -0.15) is 13.2 Å². The zero-order valence-electron chi connectivity index (χ0n) is 8.84. The largest absolute Gasteiger partial charge is 0.478 e. The van der Waals surface area contributed by atoms with Crippen LogP contribution in [0.3, 0.4) is 0 Å². The number of halogens is 3. The van der Waals surface area contributed by atoms with Crippen molar-refractivity contribution in [1.82, 2.24) is 0 Å². The number of carbonyl (C=O) groups excluding carboxylic acids is 1. The number of alkyl halides is 3. The lowest BCUT2D eigenvalue weighted by Crippen LogP contribution is -2.52. The van der Waals surface area contributed by atoms with E-state index in [1.54, 1.807) is 0 Å². The molecule has 2 fully saturated rings. The minimum Gasteiger partial charge on any atom is -0.478 e. The number of ether oxygens (including phenoxy) is 1. The number of hydrogen-bond acceptors (Lipinski definition) is 3. The van der Waals surface area contributed by atoms with Crippen LogP contribution >= 0.6 is 0 Å². The maximum Gasteiger partial charge on any atom is 0.439 e. The molecule has 1 unspecified atom stereocenters. The third-order valence-electron chi connectivity index (χ3n) is 3.65. The van der Waals surface area contributed by atoms with Crippen LogP contribution in [0.2, 0.25) is 0 Å². The van der Waals surface area contributed by atoms with Gasteiger partial charge in [-0.15, -0.1) is 0 Å². The van der Waals surface area contributed by atoms with E-state index in [2.05, 4.69) is 4.74 Å². The average Bonchev–Trinajstić information content (AvgIpc) is 2.74. The lowest BCUT2D eigenvalue weighted by molar-refractivity contribution is -0.259. The van der Waals surface area contributed by atoms with E-state index in [1.165, 1.54) is 0 Å². The van der Waals surface area contributed by atoms with Crippen molar-refractivity contribution in [3.63, 3.8) is 0 Å². The van der Waals surface area contributed by atoms with Gasteiger partial charge >= 0.3 is 23.7 Å². The van der Waals surface area contributed by atoms with E-state index >= 15 is 0 Å². The zero-order chi connectivity index (χ0) is 12.9. The predicted molar refractivity (Wildman–Crippen MR) is 48.0 cm³/mol. The van der Waals surface area contributed by atoms with E-state index < -0.39 is 35.6 Å². The first-order valence-corrected chi connectivity index (χ1v) is 5.27. The second-order valence-corrected chi connectivity index (χ2v) is 4.68. The van der Waals surface area contributed by atoms with E-state index in [0.717, 1.165) is 0 Å².